The molecule has 21 heavy (non-hydrogen) atoms. The van der Waals surface area contributed by atoms with Gasteiger partial charge in [-0.3, -0.25) is 4.90 Å². The Kier molecular flexibility index (Phi) is 8.05. The van der Waals surface area contributed by atoms with Gasteiger partial charge in [0.2, 0.25) is 0 Å². The maximum absolute atomic E-state index is 5.41. The van der Waals surface area contributed by atoms with Gasteiger partial charge in [-0.2, -0.15) is 0 Å². The van der Waals surface area contributed by atoms with Crippen molar-refractivity contribution in [2.75, 3.05) is 33.4 Å². The zero-order chi connectivity index (χ0) is 14.9. The minimum Gasteiger partial charge on any atom is -0.384 e. The topological polar surface area (TPSA) is 24.5 Å². The smallest absolute Gasteiger partial charge is 0.0502 e. The molecule has 0 aromatic rings. The van der Waals surface area contributed by atoms with Crippen LogP contribution in [0.25, 0.3) is 0 Å². The summed E-state index contributed by atoms with van der Waals surface area (Å²) in [6.07, 6.45) is 12.4. The van der Waals surface area contributed by atoms with Crippen molar-refractivity contribution in [2.24, 2.45) is 5.92 Å². The largest absolute Gasteiger partial charge is 0.384 e. The number of piperidine rings is 1. The lowest BCUT2D eigenvalue weighted by atomic mass is 9.88. The number of methoxy groups -OCH3 is 1. The number of nitrogens with one attached hydrogen (secondary N) is 1. The Hall–Kier alpha value is -0.120. The summed E-state index contributed by atoms with van der Waals surface area (Å²) in [5.74, 6) is 0.751. The van der Waals surface area contributed by atoms with Gasteiger partial charge in [0.05, 0.1) is 6.61 Å². The minimum atomic E-state index is 0.714. The predicted molar refractivity (Wildman–Crippen MR) is 89.7 cm³/mol. The summed E-state index contributed by atoms with van der Waals surface area (Å²) in [6.45, 7) is 6.95. The van der Waals surface area contributed by atoms with Gasteiger partial charge in [0, 0.05) is 25.7 Å². The fraction of sp³-hybridized carbons (Fsp3) is 1.00. The lowest BCUT2D eigenvalue weighted by molar-refractivity contribution is 0.0489. The fourth-order valence-electron chi connectivity index (χ4n) is 4.24. The summed E-state index contributed by atoms with van der Waals surface area (Å²) >= 11 is 0. The molecule has 0 amide bonds. The third kappa shape index (κ3) is 5.54. The van der Waals surface area contributed by atoms with Crippen molar-refractivity contribution in [1.82, 2.24) is 10.2 Å². The molecule has 2 fully saturated rings. The van der Waals surface area contributed by atoms with E-state index in [0.717, 1.165) is 18.6 Å². The van der Waals surface area contributed by atoms with Gasteiger partial charge in [-0.25, -0.2) is 0 Å². The molecule has 0 bridgehead atoms. The maximum atomic E-state index is 5.41. The molecule has 2 aliphatic rings. The molecule has 124 valence electrons. The van der Waals surface area contributed by atoms with Gasteiger partial charge in [-0.1, -0.05) is 32.6 Å². The summed E-state index contributed by atoms with van der Waals surface area (Å²) in [6, 6.07) is 1.48. The van der Waals surface area contributed by atoms with Crippen molar-refractivity contribution in [1.29, 1.82) is 0 Å². The van der Waals surface area contributed by atoms with Crippen molar-refractivity contribution in [2.45, 2.75) is 76.8 Å². The Balaban J connectivity index is 1.96. The second-order valence-electron chi connectivity index (χ2n) is 7.08. The van der Waals surface area contributed by atoms with E-state index in [-0.39, 0.29) is 0 Å². The lowest BCUT2D eigenvalue weighted by Gasteiger charge is -2.43. The molecule has 3 nitrogen and oxygen atoms in total. The van der Waals surface area contributed by atoms with Gasteiger partial charge < -0.3 is 10.1 Å². The van der Waals surface area contributed by atoms with Crippen LogP contribution in [0.5, 0.6) is 0 Å². The van der Waals surface area contributed by atoms with E-state index in [1.165, 1.54) is 77.4 Å². The van der Waals surface area contributed by atoms with Crippen LogP contribution in [0.3, 0.4) is 0 Å². The monoisotopic (exact) mass is 296 g/mol. The van der Waals surface area contributed by atoms with Crippen LogP contribution in [-0.4, -0.2) is 50.3 Å². The van der Waals surface area contributed by atoms with Crippen molar-refractivity contribution in [3.05, 3.63) is 0 Å². The Morgan fingerprint density at radius 1 is 1.05 bits per heavy atom. The first-order chi connectivity index (χ1) is 10.3. The number of hydrogen-bond donors (Lipinski definition) is 1. The van der Waals surface area contributed by atoms with E-state index in [0.29, 0.717) is 6.04 Å². The molecule has 0 radical (unpaired) electrons. The van der Waals surface area contributed by atoms with Gasteiger partial charge in [0.25, 0.3) is 0 Å². The van der Waals surface area contributed by atoms with Crippen molar-refractivity contribution < 1.29 is 4.74 Å². The Labute approximate surface area is 131 Å². The molecule has 0 aromatic carbocycles. The first-order valence-electron chi connectivity index (χ1n) is 9.31. The van der Waals surface area contributed by atoms with E-state index < -0.39 is 0 Å². The molecule has 0 spiro atoms. The molecular weight excluding hydrogens is 260 g/mol. The van der Waals surface area contributed by atoms with E-state index in [1.807, 2.05) is 7.11 Å². The zero-order valence-electron chi connectivity index (χ0n) is 14.3. The third-order valence-corrected chi connectivity index (χ3v) is 5.31. The van der Waals surface area contributed by atoms with Crippen LogP contribution in [0.1, 0.15) is 64.7 Å². The van der Waals surface area contributed by atoms with E-state index in [4.69, 9.17) is 4.74 Å². The molecule has 3 atom stereocenters. The maximum Gasteiger partial charge on any atom is 0.0502 e. The van der Waals surface area contributed by atoms with Crippen LogP contribution in [0.15, 0.2) is 0 Å². The molecule has 0 aromatic heterocycles. The quantitative estimate of drug-likeness (QED) is 0.812. The predicted octanol–water partition coefficient (Wildman–Crippen LogP) is 3.44. The van der Waals surface area contributed by atoms with Gasteiger partial charge in [0.1, 0.15) is 0 Å². The summed E-state index contributed by atoms with van der Waals surface area (Å²) < 4.78 is 5.41. The van der Waals surface area contributed by atoms with Gasteiger partial charge >= 0.3 is 0 Å². The highest BCUT2D eigenvalue weighted by Gasteiger charge is 2.31. The molecule has 1 N–H and O–H groups in total. The third-order valence-electron chi connectivity index (χ3n) is 5.31. The highest BCUT2D eigenvalue weighted by Crippen LogP contribution is 2.26. The summed E-state index contributed by atoms with van der Waals surface area (Å²) in [4.78, 5) is 2.80. The molecule has 1 aliphatic carbocycles. The first kappa shape index (κ1) is 17.2. The summed E-state index contributed by atoms with van der Waals surface area (Å²) in [5, 5.41) is 3.86. The second kappa shape index (κ2) is 9.81. The number of nitrogens with zero attached hydrogens (tertiary/aromatic N) is 1. The Morgan fingerprint density at radius 2 is 1.86 bits per heavy atom. The van der Waals surface area contributed by atoms with Crippen molar-refractivity contribution in [3.63, 3.8) is 0 Å². The highest BCUT2D eigenvalue weighted by molar-refractivity contribution is 4.88. The molecular formula is C18H36N2O. The van der Waals surface area contributed by atoms with Crippen molar-refractivity contribution in [3.8, 4) is 0 Å². The summed E-state index contributed by atoms with van der Waals surface area (Å²) in [7, 11) is 1.85. The van der Waals surface area contributed by atoms with Gasteiger partial charge in [-0.05, 0) is 51.1 Å². The zero-order valence-corrected chi connectivity index (χ0v) is 14.3. The Morgan fingerprint density at radius 3 is 2.62 bits per heavy atom. The van der Waals surface area contributed by atoms with Crippen LogP contribution >= 0.6 is 0 Å². The van der Waals surface area contributed by atoms with E-state index >= 15 is 0 Å². The standard InChI is InChI=1S/C18H36N2O/c1-3-12-19-17-10-6-4-5-7-11-18(17)20-13-8-9-16(14-20)15-21-2/h16-19H,3-15H2,1-2H3. The molecule has 3 unspecified atom stereocenters. The van der Waals surface area contributed by atoms with Crippen LogP contribution in [-0.2, 0) is 4.74 Å². The molecule has 1 saturated carbocycles. The molecule has 1 heterocycles. The molecule has 1 saturated heterocycles. The van der Waals surface area contributed by atoms with E-state index in [2.05, 4.69) is 17.1 Å². The average molecular weight is 296 g/mol. The fourth-order valence-corrected chi connectivity index (χ4v) is 4.24. The molecule has 2 rings (SSSR count). The SMILES string of the molecule is CCCNC1CCCCCCC1N1CCCC(COC)C1. The van der Waals surface area contributed by atoms with Crippen LogP contribution in [0.2, 0.25) is 0 Å². The average Bonchev–Trinajstić information content (AvgIpc) is 2.47. The van der Waals surface area contributed by atoms with Gasteiger partial charge in [-0.15, -0.1) is 0 Å². The molecule has 3 heteroatoms. The number of rotatable bonds is 6. The first-order valence-corrected chi connectivity index (χ1v) is 9.31. The Bertz CT molecular complexity index is 268. The van der Waals surface area contributed by atoms with Crippen LogP contribution < -0.4 is 5.32 Å². The van der Waals surface area contributed by atoms with E-state index in [9.17, 15) is 0 Å². The minimum absolute atomic E-state index is 0.714. The molecule has 1 aliphatic heterocycles. The van der Waals surface area contributed by atoms with E-state index in [1.54, 1.807) is 0 Å². The second-order valence-corrected chi connectivity index (χ2v) is 7.08. The van der Waals surface area contributed by atoms with Gasteiger partial charge in [0.15, 0.2) is 0 Å². The number of hydrogen-bond acceptors (Lipinski definition) is 3. The highest BCUT2D eigenvalue weighted by atomic mass is 16.5. The van der Waals surface area contributed by atoms with Crippen LogP contribution in [0, 0.1) is 5.92 Å². The normalized spacial score (nSPS) is 32.6. The van der Waals surface area contributed by atoms with Crippen molar-refractivity contribution >= 4 is 0 Å². The lowest BCUT2D eigenvalue weighted by Crippen LogP contribution is -2.54. The summed E-state index contributed by atoms with van der Waals surface area (Å²) in [5.41, 5.74) is 0. The number of ether oxygens (including phenoxy) is 1. The van der Waals surface area contributed by atoms with Crippen LogP contribution in [0.4, 0.5) is 0 Å². The number of likely N-dealkylation sites (tertiary alicyclic amines) is 1.